The zero-order chi connectivity index (χ0) is 27.4. The van der Waals surface area contributed by atoms with E-state index in [2.05, 4.69) is 0 Å². The summed E-state index contributed by atoms with van der Waals surface area (Å²) in [6.45, 7) is 0. The van der Waals surface area contributed by atoms with Crippen LogP contribution in [0.15, 0.2) is 60.7 Å². The first-order chi connectivity index (χ1) is 18.1. The molecule has 0 spiro atoms. The van der Waals surface area contributed by atoms with Crippen LogP contribution in [0.5, 0.6) is 23.0 Å². The van der Waals surface area contributed by atoms with Crippen molar-refractivity contribution in [1.82, 2.24) is 4.90 Å². The van der Waals surface area contributed by atoms with Gasteiger partial charge in [-0.05, 0) is 41.3 Å². The number of benzene rings is 3. The number of methoxy groups -OCH3 is 3. The van der Waals surface area contributed by atoms with Crippen LogP contribution in [0, 0.1) is 5.92 Å². The molecule has 3 N–H and O–H groups in total. The molecule has 1 saturated carbocycles. The van der Waals surface area contributed by atoms with Crippen LogP contribution in [0.25, 0.3) is 0 Å². The molecule has 8 heteroatoms. The Morgan fingerprint density at radius 3 is 2.21 bits per heavy atom. The monoisotopic (exact) mass is 519 g/mol. The minimum atomic E-state index is -1.95. The van der Waals surface area contributed by atoms with Crippen LogP contribution in [0.2, 0.25) is 0 Å². The van der Waals surface area contributed by atoms with Gasteiger partial charge in [0.15, 0.2) is 11.5 Å². The van der Waals surface area contributed by atoms with Gasteiger partial charge < -0.3 is 34.4 Å². The molecule has 5 rings (SSSR count). The van der Waals surface area contributed by atoms with Gasteiger partial charge in [0, 0.05) is 37.1 Å². The summed E-state index contributed by atoms with van der Waals surface area (Å²) in [5.41, 5.74) is -0.698. The molecule has 1 amide bonds. The molecule has 3 aromatic rings. The maximum Gasteiger partial charge on any atom is 0.228 e. The fraction of sp³-hybridized carbons (Fsp3) is 0.367. The average Bonchev–Trinajstić information content (AvgIpc) is 3.30. The molecule has 3 aromatic carbocycles. The summed E-state index contributed by atoms with van der Waals surface area (Å²) >= 11 is 0. The number of nitrogens with zero attached hydrogens (tertiary/aromatic N) is 1. The lowest BCUT2D eigenvalue weighted by Gasteiger charge is -2.43. The first-order valence-corrected chi connectivity index (χ1v) is 12.4. The number of aromatic hydroxyl groups is 1. The number of hydrogen-bond donors (Lipinski definition) is 3. The van der Waals surface area contributed by atoms with Crippen LogP contribution in [0.1, 0.15) is 28.2 Å². The Hall–Kier alpha value is -3.75. The predicted molar refractivity (Wildman–Crippen MR) is 141 cm³/mol. The Kier molecular flexibility index (Phi) is 6.28. The molecule has 0 aromatic heterocycles. The Morgan fingerprint density at radius 1 is 0.947 bits per heavy atom. The topological polar surface area (TPSA) is 109 Å². The van der Waals surface area contributed by atoms with Gasteiger partial charge in [0.25, 0.3) is 0 Å². The third-order valence-electron chi connectivity index (χ3n) is 8.38. The number of carbonyl (C=O) groups is 1. The van der Waals surface area contributed by atoms with E-state index in [1.807, 2.05) is 36.4 Å². The number of ether oxygens (including phenoxy) is 3. The number of phenolic OH excluding ortho intramolecular Hbond substituents is 1. The summed E-state index contributed by atoms with van der Waals surface area (Å²) in [4.78, 5) is 15.2. The number of amides is 1. The molecule has 5 unspecified atom stereocenters. The number of phenols is 1. The Morgan fingerprint density at radius 2 is 1.63 bits per heavy atom. The van der Waals surface area contributed by atoms with Gasteiger partial charge in [0.05, 0.1) is 27.2 Å². The van der Waals surface area contributed by atoms with Crippen LogP contribution < -0.4 is 14.2 Å². The predicted octanol–water partition coefficient (Wildman–Crippen LogP) is 2.96. The molecule has 200 valence electrons. The number of fused-ring (bicyclic) bond motifs is 3. The smallest absolute Gasteiger partial charge is 0.228 e. The van der Waals surface area contributed by atoms with Gasteiger partial charge in [-0.15, -0.1) is 0 Å². The molecular weight excluding hydrogens is 486 g/mol. The maximum absolute atomic E-state index is 13.8. The second kappa shape index (κ2) is 9.22. The number of rotatable bonds is 6. The molecule has 0 saturated heterocycles. The van der Waals surface area contributed by atoms with Gasteiger partial charge in [-0.3, -0.25) is 4.79 Å². The minimum absolute atomic E-state index is 0.106. The van der Waals surface area contributed by atoms with Crippen molar-refractivity contribution >= 4 is 5.91 Å². The number of carbonyl (C=O) groups excluding carboxylic acids is 1. The molecule has 1 fully saturated rings. The van der Waals surface area contributed by atoms with Crippen molar-refractivity contribution in [1.29, 1.82) is 0 Å². The molecule has 2 aliphatic rings. The molecule has 2 aliphatic carbocycles. The summed E-state index contributed by atoms with van der Waals surface area (Å²) in [5, 5.41) is 35.9. The molecule has 0 radical (unpaired) electrons. The average molecular weight is 520 g/mol. The lowest BCUT2D eigenvalue weighted by atomic mass is 9.62. The largest absolute Gasteiger partial charge is 0.504 e. The van der Waals surface area contributed by atoms with Gasteiger partial charge in [0.1, 0.15) is 23.2 Å². The zero-order valence-electron chi connectivity index (χ0n) is 22.1. The van der Waals surface area contributed by atoms with E-state index in [4.69, 9.17) is 14.2 Å². The van der Waals surface area contributed by atoms with Crippen LogP contribution in [0.4, 0.5) is 0 Å². The van der Waals surface area contributed by atoms with Gasteiger partial charge >= 0.3 is 0 Å². The highest BCUT2D eigenvalue weighted by molar-refractivity contribution is 5.83. The van der Waals surface area contributed by atoms with Crippen molar-refractivity contribution in [3.05, 3.63) is 82.9 Å². The molecule has 8 nitrogen and oxygen atoms in total. The van der Waals surface area contributed by atoms with Crippen LogP contribution >= 0.6 is 0 Å². The van der Waals surface area contributed by atoms with Crippen LogP contribution in [-0.2, 0) is 22.2 Å². The number of aliphatic hydroxyl groups excluding tert-OH is 1. The van der Waals surface area contributed by atoms with E-state index in [0.29, 0.717) is 22.6 Å². The molecule has 0 heterocycles. The Bertz CT molecular complexity index is 1370. The molecule has 5 atom stereocenters. The fourth-order valence-electron chi connectivity index (χ4n) is 6.86. The summed E-state index contributed by atoms with van der Waals surface area (Å²) in [6.07, 6.45) is -1.23. The molecule has 38 heavy (non-hydrogen) atoms. The molecule has 0 aliphatic heterocycles. The zero-order valence-corrected chi connectivity index (χ0v) is 22.1. The van der Waals surface area contributed by atoms with Crippen molar-refractivity contribution in [3.8, 4) is 23.0 Å². The summed E-state index contributed by atoms with van der Waals surface area (Å²) < 4.78 is 16.5. The minimum Gasteiger partial charge on any atom is -0.504 e. The van der Waals surface area contributed by atoms with E-state index in [1.54, 1.807) is 45.5 Å². The van der Waals surface area contributed by atoms with Crippen molar-refractivity contribution in [2.24, 2.45) is 5.92 Å². The first-order valence-electron chi connectivity index (χ1n) is 12.4. The summed E-state index contributed by atoms with van der Waals surface area (Å²) in [7, 11) is 7.79. The SMILES string of the molecule is COc1cc2c(c(OC)c1)C1(O)C(O)C(C(=O)N(C)C)C(c3ccccc3)C1(c1ccc(OC)c(O)c1)C2. The van der Waals surface area contributed by atoms with Crippen LogP contribution in [0.3, 0.4) is 0 Å². The van der Waals surface area contributed by atoms with Gasteiger partial charge in [0.2, 0.25) is 5.91 Å². The Labute approximate surface area is 222 Å². The van der Waals surface area contributed by atoms with Crippen molar-refractivity contribution in [2.45, 2.75) is 29.5 Å². The Balaban J connectivity index is 1.91. The van der Waals surface area contributed by atoms with Crippen molar-refractivity contribution < 1.29 is 34.3 Å². The summed E-state index contributed by atoms with van der Waals surface area (Å²) in [5.74, 6) is -0.879. The quantitative estimate of drug-likeness (QED) is 0.460. The second-order valence-corrected chi connectivity index (χ2v) is 10.3. The van der Waals surface area contributed by atoms with E-state index in [-0.39, 0.29) is 23.8 Å². The molecule has 0 bridgehead atoms. The lowest BCUT2D eigenvalue weighted by Crippen LogP contribution is -2.50. The van der Waals surface area contributed by atoms with E-state index in [1.165, 1.54) is 19.1 Å². The van der Waals surface area contributed by atoms with Gasteiger partial charge in [-0.1, -0.05) is 36.4 Å². The highest BCUT2D eigenvalue weighted by Gasteiger charge is 2.75. The lowest BCUT2D eigenvalue weighted by molar-refractivity contribution is -0.142. The number of aliphatic hydroxyl groups is 2. The fourth-order valence-corrected chi connectivity index (χ4v) is 6.86. The van der Waals surface area contributed by atoms with E-state index < -0.39 is 29.0 Å². The second-order valence-electron chi connectivity index (χ2n) is 10.3. The van der Waals surface area contributed by atoms with E-state index in [0.717, 1.165) is 11.1 Å². The van der Waals surface area contributed by atoms with E-state index >= 15 is 0 Å². The summed E-state index contributed by atoms with van der Waals surface area (Å²) in [6, 6.07) is 17.9. The van der Waals surface area contributed by atoms with Crippen molar-refractivity contribution in [3.63, 3.8) is 0 Å². The maximum atomic E-state index is 13.8. The first kappa shape index (κ1) is 25.9. The van der Waals surface area contributed by atoms with E-state index in [9.17, 15) is 20.1 Å². The standard InChI is InChI=1S/C30H33NO7/c1-31(2)28(34)24-26(17-9-7-6-8-10-17)29(19-11-12-22(37-4)21(32)14-19)16-18-13-20(36-3)15-23(38-5)25(18)30(29,35)27(24)33/h6-15,24,26-27,32-33,35H,16H2,1-5H3. The van der Waals surface area contributed by atoms with Crippen LogP contribution in [-0.4, -0.2) is 67.7 Å². The highest BCUT2D eigenvalue weighted by Crippen LogP contribution is 2.70. The van der Waals surface area contributed by atoms with Gasteiger partial charge in [-0.2, -0.15) is 0 Å². The van der Waals surface area contributed by atoms with Gasteiger partial charge in [-0.25, -0.2) is 0 Å². The third kappa shape index (κ3) is 3.33. The number of hydrogen-bond acceptors (Lipinski definition) is 7. The highest BCUT2D eigenvalue weighted by atomic mass is 16.5. The molecular formula is C30H33NO7. The van der Waals surface area contributed by atoms with Crippen molar-refractivity contribution in [2.75, 3.05) is 35.4 Å². The third-order valence-corrected chi connectivity index (χ3v) is 8.38. The normalized spacial score (nSPS) is 27.4.